The second kappa shape index (κ2) is 10.00. The fourth-order valence-corrected chi connectivity index (χ4v) is 4.87. The summed E-state index contributed by atoms with van der Waals surface area (Å²) in [6.45, 7) is 5.09. The number of thiazole rings is 1. The fraction of sp³-hybridized carbons (Fsp3) is 0.435. The van der Waals surface area contributed by atoms with E-state index in [1.165, 1.54) is 10.4 Å². The molecule has 1 aromatic carbocycles. The van der Waals surface area contributed by atoms with Crippen molar-refractivity contribution in [2.45, 2.75) is 51.6 Å². The molecule has 0 bridgehead atoms. The maximum Gasteiger partial charge on any atom is 0.225 e. The van der Waals surface area contributed by atoms with Gasteiger partial charge in [-0.3, -0.25) is 9.69 Å². The number of likely N-dealkylation sites (tertiary alicyclic amines) is 1. The zero-order chi connectivity index (χ0) is 20.8. The van der Waals surface area contributed by atoms with Crippen molar-refractivity contribution < 1.29 is 4.79 Å². The smallest absolute Gasteiger partial charge is 0.225 e. The lowest BCUT2D eigenvalue weighted by Gasteiger charge is -2.32. The number of benzene rings is 1. The Morgan fingerprint density at radius 3 is 2.73 bits per heavy atom. The van der Waals surface area contributed by atoms with Gasteiger partial charge in [0.05, 0.1) is 17.2 Å². The summed E-state index contributed by atoms with van der Waals surface area (Å²) in [5.41, 5.74) is 1.27. The minimum absolute atomic E-state index is 0.0608. The predicted octanol–water partition coefficient (Wildman–Crippen LogP) is 4.45. The number of aryl methyl sites for hydroxylation is 2. The van der Waals surface area contributed by atoms with Crippen molar-refractivity contribution in [1.82, 2.24) is 19.7 Å². The van der Waals surface area contributed by atoms with Crippen LogP contribution in [0.5, 0.6) is 0 Å². The van der Waals surface area contributed by atoms with Crippen LogP contribution < -0.4 is 5.32 Å². The predicted molar refractivity (Wildman–Crippen MR) is 121 cm³/mol. The van der Waals surface area contributed by atoms with E-state index in [-0.39, 0.29) is 5.91 Å². The first-order valence-electron chi connectivity index (χ1n) is 10.7. The number of nitrogens with zero attached hydrogens (tertiary/aromatic N) is 4. The van der Waals surface area contributed by atoms with Gasteiger partial charge in [-0.2, -0.15) is 5.10 Å². The van der Waals surface area contributed by atoms with Crippen molar-refractivity contribution in [2.75, 3.05) is 18.4 Å². The fourth-order valence-electron chi connectivity index (χ4n) is 4.03. The van der Waals surface area contributed by atoms with E-state index < -0.39 is 0 Å². The van der Waals surface area contributed by atoms with Gasteiger partial charge in [0.15, 0.2) is 0 Å². The van der Waals surface area contributed by atoms with E-state index in [2.05, 4.69) is 39.4 Å². The van der Waals surface area contributed by atoms with Gasteiger partial charge in [-0.1, -0.05) is 30.3 Å². The van der Waals surface area contributed by atoms with Gasteiger partial charge >= 0.3 is 0 Å². The summed E-state index contributed by atoms with van der Waals surface area (Å²) in [5, 5.41) is 8.70. The molecule has 0 spiro atoms. The summed E-state index contributed by atoms with van der Waals surface area (Å²) in [7, 11) is 0. The Balaban J connectivity index is 1.24. The first-order valence-corrected chi connectivity index (χ1v) is 11.5. The molecule has 1 aliphatic rings. The molecule has 1 amide bonds. The highest BCUT2D eigenvalue weighted by Gasteiger charge is 2.23. The molecule has 0 atom stereocenters. The van der Waals surface area contributed by atoms with Crippen LogP contribution in [0.15, 0.2) is 48.8 Å². The molecular formula is C23H29N5OS. The molecule has 0 unspecified atom stereocenters. The molecule has 4 rings (SSSR count). The molecule has 1 fully saturated rings. The molecule has 6 nitrogen and oxygen atoms in total. The Kier molecular flexibility index (Phi) is 6.92. The number of carbonyl (C=O) groups excluding carboxylic acids is 1. The molecule has 3 aromatic rings. The second-order valence-electron chi connectivity index (χ2n) is 7.90. The first kappa shape index (κ1) is 20.8. The third-order valence-corrected chi connectivity index (χ3v) is 6.50. The number of anilines is 1. The van der Waals surface area contributed by atoms with Crippen molar-refractivity contribution in [1.29, 1.82) is 0 Å². The van der Waals surface area contributed by atoms with E-state index in [9.17, 15) is 4.79 Å². The van der Waals surface area contributed by atoms with Crippen LogP contribution in [-0.4, -0.2) is 38.7 Å². The SMILES string of the molecule is Cc1ncc(CN2CCC(n3nccc3NC(=O)CCCc3ccccc3)CC2)s1. The van der Waals surface area contributed by atoms with Gasteiger partial charge in [-0.15, -0.1) is 11.3 Å². The molecule has 1 aliphatic heterocycles. The molecular weight excluding hydrogens is 394 g/mol. The number of piperidine rings is 1. The quantitative estimate of drug-likeness (QED) is 0.582. The summed E-state index contributed by atoms with van der Waals surface area (Å²) < 4.78 is 2.00. The highest BCUT2D eigenvalue weighted by atomic mass is 32.1. The largest absolute Gasteiger partial charge is 0.311 e. The van der Waals surface area contributed by atoms with Crippen molar-refractivity contribution in [3.8, 4) is 0 Å². The van der Waals surface area contributed by atoms with E-state index in [0.717, 1.165) is 56.1 Å². The van der Waals surface area contributed by atoms with E-state index in [1.807, 2.05) is 35.1 Å². The van der Waals surface area contributed by atoms with Crippen molar-refractivity contribution in [3.05, 3.63) is 64.2 Å². The molecule has 0 saturated carbocycles. The van der Waals surface area contributed by atoms with Crippen LogP contribution in [0.25, 0.3) is 0 Å². The van der Waals surface area contributed by atoms with Crippen LogP contribution in [0.2, 0.25) is 0 Å². The minimum Gasteiger partial charge on any atom is -0.311 e. The number of nitrogens with one attached hydrogen (secondary N) is 1. The van der Waals surface area contributed by atoms with Crippen LogP contribution in [0.3, 0.4) is 0 Å². The van der Waals surface area contributed by atoms with E-state index in [4.69, 9.17) is 0 Å². The zero-order valence-corrected chi connectivity index (χ0v) is 18.3. The van der Waals surface area contributed by atoms with Gasteiger partial charge in [0.1, 0.15) is 5.82 Å². The zero-order valence-electron chi connectivity index (χ0n) is 17.5. The lowest BCUT2D eigenvalue weighted by molar-refractivity contribution is -0.116. The van der Waals surface area contributed by atoms with Gasteiger partial charge in [0, 0.05) is 43.2 Å². The molecule has 1 saturated heterocycles. The first-order chi connectivity index (χ1) is 14.7. The van der Waals surface area contributed by atoms with Gasteiger partial charge in [0.2, 0.25) is 5.91 Å². The highest BCUT2D eigenvalue weighted by Crippen LogP contribution is 2.27. The Hall–Kier alpha value is -2.51. The van der Waals surface area contributed by atoms with Gasteiger partial charge in [0.25, 0.3) is 0 Å². The van der Waals surface area contributed by atoms with E-state index in [0.29, 0.717) is 12.5 Å². The number of aromatic nitrogens is 3. The molecule has 7 heteroatoms. The van der Waals surface area contributed by atoms with Crippen molar-refractivity contribution >= 4 is 23.1 Å². The molecule has 2 aromatic heterocycles. The van der Waals surface area contributed by atoms with Gasteiger partial charge < -0.3 is 5.32 Å². The lowest BCUT2D eigenvalue weighted by Crippen LogP contribution is -2.34. The summed E-state index contributed by atoms with van der Waals surface area (Å²) in [6.07, 6.45) is 8.14. The standard InChI is InChI=1S/C23H29N5OS/c1-18-24-16-21(30-18)17-27-14-11-20(12-15-27)28-22(10-13-25-28)26-23(29)9-5-8-19-6-3-2-4-7-19/h2-4,6-7,10,13,16,20H,5,8-9,11-12,14-15,17H2,1H3,(H,26,29). The van der Waals surface area contributed by atoms with Gasteiger partial charge in [-0.05, 0) is 38.2 Å². The second-order valence-corrected chi connectivity index (χ2v) is 9.22. The van der Waals surface area contributed by atoms with E-state index in [1.54, 1.807) is 17.5 Å². The average Bonchev–Trinajstić information content (AvgIpc) is 3.38. The number of amides is 1. The third kappa shape index (κ3) is 5.55. The molecule has 0 radical (unpaired) electrons. The number of hydrogen-bond acceptors (Lipinski definition) is 5. The van der Waals surface area contributed by atoms with Crippen LogP contribution in [0.4, 0.5) is 5.82 Å². The molecule has 0 aliphatic carbocycles. The maximum atomic E-state index is 12.4. The summed E-state index contributed by atoms with van der Waals surface area (Å²) >= 11 is 1.78. The topological polar surface area (TPSA) is 63.1 Å². The van der Waals surface area contributed by atoms with E-state index >= 15 is 0 Å². The lowest BCUT2D eigenvalue weighted by atomic mass is 10.1. The van der Waals surface area contributed by atoms with Crippen LogP contribution in [-0.2, 0) is 17.8 Å². The van der Waals surface area contributed by atoms with Crippen LogP contribution in [0.1, 0.15) is 47.2 Å². The molecule has 158 valence electrons. The average molecular weight is 424 g/mol. The Bertz CT molecular complexity index is 943. The van der Waals surface area contributed by atoms with Crippen molar-refractivity contribution in [2.24, 2.45) is 0 Å². The summed E-state index contributed by atoms with van der Waals surface area (Å²) in [5.74, 6) is 0.877. The van der Waals surface area contributed by atoms with Crippen LogP contribution >= 0.6 is 11.3 Å². The number of carbonyl (C=O) groups is 1. The third-order valence-electron chi connectivity index (χ3n) is 5.60. The van der Waals surface area contributed by atoms with Crippen molar-refractivity contribution in [3.63, 3.8) is 0 Å². The van der Waals surface area contributed by atoms with Crippen LogP contribution in [0, 0.1) is 6.92 Å². The Morgan fingerprint density at radius 1 is 1.20 bits per heavy atom. The Labute approximate surface area is 181 Å². The minimum atomic E-state index is 0.0608. The molecule has 30 heavy (non-hydrogen) atoms. The summed E-state index contributed by atoms with van der Waals surface area (Å²) in [4.78, 5) is 20.6. The Morgan fingerprint density at radius 2 is 2.00 bits per heavy atom. The molecule has 3 heterocycles. The number of hydrogen-bond donors (Lipinski definition) is 1. The highest BCUT2D eigenvalue weighted by molar-refractivity contribution is 7.11. The van der Waals surface area contributed by atoms with Gasteiger partial charge in [-0.25, -0.2) is 9.67 Å². The monoisotopic (exact) mass is 423 g/mol. The summed E-state index contributed by atoms with van der Waals surface area (Å²) in [6, 6.07) is 12.5. The molecule has 1 N–H and O–H groups in total. The number of rotatable bonds is 8. The maximum absolute atomic E-state index is 12.4. The normalized spacial score (nSPS) is 15.4.